The zero-order valence-electron chi connectivity index (χ0n) is 15.1. The molecule has 0 aromatic carbocycles. The van der Waals surface area contributed by atoms with Gasteiger partial charge in [0.2, 0.25) is 0 Å². The van der Waals surface area contributed by atoms with Gasteiger partial charge >= 0.3 is 0 Å². The molecule has 136 valence electrons. The highest BCUT2D eigenvalue weighted by molar-refractivity contribution is 5.49. The maximum atomic E-state index is 4.51. The lowest BCUT2D eigenvalue weighted by Crippen LogP contribution is -2.27. The normalized spacial score (nSPS) is 17.9. The monoisotopic (exact) mass is 353 g/mol. The first-order valence-electron chi connectivity index (χ1n) is 8.89. The van der Waals surface area contributed by atoms with E-state index < -0.39 is 0 Å². The number of anilines is 3. The van der Waals surface area contributed by atoms with E-state index in [1.807, 2.05) is 43.4 Å². The third-order valence-corrected chi connectivity index (χ3v) is 4.68. The summed E-state index contributed by atoms with van der Waals surface area (Å²) < 4.78 is 1.48. The predicted octanol–water partition coefficient (Wildman–Crippen LogP) is 1.45. The van der Waals surface area contributed by atoms with E-state index in [1.165, 1.54) is 4.63 Å². The molecule has 1 aliphatic heterocycles. The van der Waals surface area contributed by atoms with Crippen LogP contribution >= 0.6 is 0 Å². The third kappa shape index (κ3) is 3.51. The second kappa shape index (κ2) is 7.11. The molecule has 1 aliphatic rings. The number of pyridine rings is 1. The molecule has 3 aromatic heterocycles. The van der Waals surface area contributed by atoms with E-state index in [1.54, 1.807) is 0 Å². The van der Waals surface area contributed by atoms with Crippen LogP contribution in [-0.4, -0.2) is 63.5 Å². The van der Waals surface area contributed by atoms with Crippen LogP contribution in [0.5, 0.6) is 0 Å². The number of hydrogen-bond donors (Lipinski definition) is 1. The summed E-state index contributed by atoms with van der Waals surface area (Å²) in [5.41, 5.74) is 1.74. The Morgan fingerprint density at radius 1 is 1.12 bits per heavy atom. The number of hydrogen-bond acceptors (Lipinski definition) is 8. The summed E-state index contributed by atoms with van der Waals surface area (Å²) in [4.78, 5) is 8.78. The topological polar surface area (TPSA) is 87.4 Å². The zero-order chi connectivity index (χ0) is 17.9. The first-order chi connectivity index (χ1) is 12.7. The van der Waals surface area contributed by atoms with Gasteiger partial charge < -0.3 is 15.1 Å². The predicted molar refractivity (Wildman–Crippen MR) is 101 cm³/mol. The van der Waals surface area contributed by atoms with Gasteiger partial charge in [-0.15, -0.1) is 14.8 Å². The fourth-order valence-electron chi connectivity index (χ4n) is 3.25. The number of nitrogens with zero attached hydrogens (tertiary/aromatic N) is 8. The molecule has 4 heterocycles. The van der Waals surface area contributed by atoms with E-state index >= 15 is 0 Å². The average Bonchev–Trinajstić information content (AvgIpc) is 3.00. The summed E-state index contributed by atoms with van der Waals surface area (Å²) in [6.45, 7) is 1.93. The molecule has 1 N–H and O–H groups in total. The van der Waals surface area contributed by atoms with Crippen molar-refractivity contribution in [1.82, 2.24) is 30.2 Å². The van der Waals surface area contributed by atoms with Gasteiger partial charge in [-0.3, -0.25) is 0 Å². The van der Waals surface area contributed by atoms with Crippen LogP contribution in [0.1, 0.15) is 19.3 Å². The van der Waals surface area contributed by atoms with Crippen LogP contribution in [0.15, 0.2) is 30.5 Å². The highest BCUT2D eigenvalue weighted by Gasteiger charge is 2.18. The first-order valence-corrected chi connectivity index (χ1v) is 8.89. The molecule has 0 spiro atoms. The molecule has 9 nitrogen and oxygen atoms in total. The van der Waals surface area contributed by atoms with E-state index in [9.17, 15) is 0 Å². The second-order valence-electron chi connectivity index (χ2n) is 6.78. The minimum atomic E-state index is 0.434. The van der Waals surface area contributed by atoms with Crippen molar-refractivity contribution in [2.24, 2.45) is 0 Å². The fourth-order valence-corrected chi connectivity index (χ4v) is 3.25. The van der Waals surface area contributed by atoms with E-state index in [2.05, 4.69) is 41.9 Å². The lowest BCUT2D eigenvalue weighted by molar-refractivity contribution is 0.639. The van der Waals surface area contributed by atoms with E-state index in [-0.39, 0.29) is 0 Å². The molecule has 0 saturated carbocycles. The molecule has 9 heteroatoms. The number of fused-ring (bicyclic) bond motifs is 1. The Bertz CT molecular complexity index is 858. The minimum Gasteiger partial charge on any atom is -0.381 e. The van der Waals surface area contributed by atoms with Crippen molar-refractivity contribution >= 4 is 23.0 Å². The van der Waals surface area contributed by atoms with Crippen LogP contribution in [-0.2, 0) is 0 Å². The Labute approximate surface area is 152 Å². The van der Waals surface area contributed by atoms with Crippen LogP contribution in [0, 0.1) is 0 Å². The lowest BCUT2D eigenvalue weighted by Gasteiger charge is -2.21. The maximum Gasteiger partial charge on any atom is 0.200 e. The van der Waals surface area contributed by atoms with Crippen molar-refractivity contribution in [1.29, 1.82) is 0 Å². The van der Waals surface area contributed by atoms with Gasteiger partial charge in [-0.2, -0.15) is 0 Å². The molecule has 26 heavy (non-hydrogen) atoms. The minimum absolute atomic E-state index is 0.434. The molecule has 3 aromatic rings. The van der Waals surface area contributed by atoms with Crippen LogP contribution in [0.25, 0.3) is 5.65 Å². The van der Waals surface area contributed by atoms with E-state index in [0.29, 0.717) is 11.7 Å². The van der Waals surface area contributed by atoms with Gasteiger partial charge in [-0.25, -0.2) is 4.98 Å². The number of tetrazole rings is 1. The summed E-state index contributed by atoms with van der Waals surface area (Å²) in [6, 6.07) is 8.46. The van der Waals surface area contributed by atoms with Gasteiger partial charge in [0.15, 0.2) is 11.5 Å². The van der Waals surface area contributed by atoms with Crippen molar-refractivity contribution < 1.29 is 0 Å². The van der Waals surface area contributed by atoms with Gasteiger partial charge in [-0.1, -0.05) is 0 Å². The Morgan fingerprint density at radius 3 is 2.85 bits per heavy atom. The largest absolute Gasteiger partial charge is 0.381 e. The van der Waals surface area contributed by atoms with Gasteiger partial charge in [0.05, 0.1) is 11.9 Å². The molecule has 0 bridgehead atoms. The Morgan fingerprint density at radius 2 is 2.04 bits per heavy atom. The van der Waals surface area contributed by atoms with Crippen molar-refractivity contribution in [3.05, 3.63) is 30.5 Å². The molecule has 0 amide bonds. The summed E-state index contributed by atoms with van der Waals surface area (Å²) >= 11 is 0. The number of aromatic nitrogens is 6. The van der Waals surface area contributed by atoms with Crippen molar-refractivity contribution in [3.8, 4) is 0 Å². The highest BCUT2D eigenvalue weighted by Crippen LogP contribution is 2.21. The molecular weight excluding hydrogens is 330 g/mol. The lowest BCUT2D eigenvalue weighted by atomic mass is 10.1. The SMILES string of the molecule is CN(C)c1ccc(NC2CCCN(c3ccc4nnnn4n3)CC2)cn1. The van der Waals surface area contributed by atoms with Gasteiger partial charge in [-0.05, 0) is 54.0 Å². The highest BCUT2D eigenvalue weighted by atomic mass is 15.6. The van der Waals surface area contributed by atoms with Crippen LogP contribution in [0.2, 0.25) is 0 Å². The smallest absolute Gasteiger partial charge is 0.200 e. The summed E-state index contributed by atoms with van der Waals surface area (Å²) in [6.07, 6.45) is 5.19. The summed E-state index contributed by atoms with van der Waals surface area (Å²) in [5, 5.41) is 19.6. The molecule has 0 radical (unpaired) electrons. The molecule has 1 fully saturated rings. The average molecular weight is 353 g/mol. The molecule has 4 rings (SSSR count). The van der Waals surface area contributed by atoms with Crippen LogP contribution in [0.3, 0.4) is 0 Å². The standard InChI is InChI=1S/C17H23N9/c1-24(2)15-6-5-14(12-18-15)19-13-4-3-10-25(11-9-13)17-8-7-16-20-22-23-26(16)21-17/h5-8,12-13,19H,3-4,9-11H2,1-2H3. The van der Waals surface area contributed by atoms with Crippen LogP contribution in [0.4, 0.5) is 17.3 Å². The van der Waals surface area contributed by atoms with Crippen molar-refractivity contribution in [2.75, 3.05) is 42.3 Å². The van der Waals surface area contributed by atoms with Crippen molar-refractivity contribution in [3.63, 3.8) is 0 Å². The fraction of sp³-hybridized carbons (Fsp3) is 0.471. The Hall–Kier alpha value is -2.97. The van der Waals surface area contributed by atoms with E-state index in [4.69, 9.17) is 0 Å². The number of nitrogens with one attached hydrogen (secondary N) is 1. The molecule has 1 saturated heterocycles. The molecular formula is C17H23N9. The van der Waals surface area contributed by atoms with Gasteiger partial charge in [0.25, 0.3) is 0 Å². The van der Waals surface area contributed by atoms with Crippen LogP contribution < -0.4 is 15.1 Å². The molecule has 1 unspecified atom stereocenters. The second-order valence-corrected chi connectivity index (χ2v) is 6.78. The first kappa shape index (κ1) is 16.5. The van der Waals surface area contributed by atoms with Gasteiger partial charge in [0.1, 0.15) is 5.82 Å². The third-order valence-electron chi connectivity index (χ3n) is 4.68. The van der Waals surface area contributed by atoms with Gasteiger partial charge in [0, 0.05) is 33.2 Å². The maximum absolute atomic E-state index is 4.51. The van der Waals surface area contributed by atoms with E-state index in [0.717, 1.165) is 49.7 Å². The number of rotatable bonds is 4. The Balaban J connectivity index is 1.39. The summed E-state index contributed by atoms with van der Waals surface area (Å²) in [5.74, 6) is 1.88. The van der Waals surface area contributed by atoms with Crippen molar-refractivity contribution in [2.45, 2.75) is 25.3 Å². The molecule has 1 atom stereocenters. The zero-order valence-corrected chi connectivity index (χ0v) is 15.1. The molecule has 0 aliphatic carbocycles. The Kier molecular flexibility index (Phi) is 4.51. The quantitative estimate of drug-likeness (QED) is 0.754. The summed E-state index contributed by atoms with van der Waals surface area (Å²) in [7, 11) is 3.99.